The summed E-state index contributed by atoms with van der Waals surface area (Å²) in [6.07, 6.45) is 1.16. The fraction of sp³-hybridized carbons (Fsp3) is 0.917. The molecule has 5 heteroatoms. The number of hydrogen-bond donors (Lipinski definition) is 2. The Hall–Kier alpha value is -0.810. The van der Waals surface area contributed by atoms with Crippen molar-refractivity contribution in [1.29, 1.82) is 0 Å². The van der Waals surface area contributed by atoms with Crippen molar-refractivity contribution in [3.63, 3.8) is 0 Å². The van der Waals surface area contributed by atoms with Crippen molar-refractivity contribution in [2.75, 3.05) is 19.7 Å². The molecule has 1 fully saturated rings. The van der Waals surface area contributed by atoms with Crippen molar-refractivity contribution in [2.45, 2.75) is 45.3 Å². The summed E-state index contributed by atoms with van der Waals surface area (Å²) >= 11 is 0. The van der Waals surface area contributed by atoms with Gasteiger partial charge in [0.05, 0.1) is 0 Å². The molecule has 0 aromatic rings. The molecule has 0 radical (unpaired) electrons. The number of carbonyl (C=O) groups is 1. The summed E-state index contributed by atoms with van der Waals surface area (Å²) in [5.74, 6) is 0.0856. The number of aliphatic hydroxyl groups excluding tert-OH is 1. The van der Waals surface area contributed by atoms with E-state index in [4.69, 9.17) is 10.5 Å². The maximum absolute atomic E-state index is 11.9. The van der Waals surface area contributed by atoms with E-state index >= 15 is 0 Å². The van der Waals surface area contributed by atoms with E-state index in [0.29, 0.717) is 19.5 Å². The van der Waals surface area contributed by atoms with Gasteiger partial charge >= 0.3 is 6.09 Å². The van der Waals surface area contributed by atoms with Crippen LogP contribution in [0.4, 0.5) is 4.79 Å². The first kappa shape index (κ1) is 14.3. The molecule has 0 aromatic carbocycles. The molecule has 2 atom stereocenters. The predicted molar refractivity (Wildman–Crippen MR) is 65.6 cm³/mol. The van der Waals surface area contributed by atoms with Gasteiger partial charge in [-0.1, -0.05) is 0 Å². The van der Waals surface area contributed by atoms with E-state index in [1.54, 1.807) is 4.90 Å². The van der Waals surface area contributed by atoms with Gasteiger partial charge in [0.15, 0.2) is 0 Å². The summed E-state index contributed by atoms with van der Waals surface area (Å²) in [5, 5.41) is 9.18. The third kappa shape index (κ3) is 4.52. The zero-order valence-electron chi connectivity index (χ0n) is 11.0. The average molecular weight is 244 g/mol. The lowest BCUT2D eigenvalue weighted by molar-refractivity contribution is 0.0253. The Labute approximate surface area is 103 Å². The van der Waals surface area contributed by atoms with E-state index in [9.17, 15) is 9.90 Å². The van der Waals surface area contributed by atoms with Crippen molar-refractivity contribution < 1.29 is 14.6 Å². The van der Waals surface area contributed by atoms with Crippen LogP contribution in [-0.4, -0.2) is 47.4 Å². The number of hydrogen-bond acceptors (Lipinski definition) is 4. The molecule has 1 rings (SSSR count). The Bertz CT molecular complexity index is 263. The molecule has 5 nitrogen and oxygen atoms in total. The van der Waals surface area contributed by atoms with E-state index < -0.39 is 5.60 Å². The van der Waals surface area contributed by atoms with E-state index in [-0.39, 0.29) is 24.7 Å². The van der Waals surface area contributed by atoms with Crippen molar-refractivity contribution in [3.05, 3.63) is 0 Å². The highest BCUT2D eigenvalue weighted by Crippen LogP contribution is 2.18. The lowest BCUT2D eigenvalue weighted by Gasteiger charge is -2.26. The standard InChI is InChI=1S/C12H24N2O3/c1-12(2,3)17-11(16)14-6-4-9(8-15)10(13)5-7-14/h9-10,15H,4-8,13H2,1-3H3/t9-,10-/m1/s1. The van der Waals surface area contributed by atoms with Crippen LogP contribution < -0.4 is 5.73 Å². The van der Waals surface area contributed by atoms with Gasteiger partial charge < -0.3 is 20.5 Å². The predicted octanol–water partition coefficient (Wildman–Crippen LogP) is 0.953. The fourth-order valence-corrected chi connectivity index (χ4v) is 1.92. The van der Waals surface area contributed by atoms with Crippen molar-refractivity contribution >= 4 is 6.09 Å². The van der Waals surface area contributed by atoms with Crippen LogP contribution in [0.2, 0.25) is 0 Å². The van der Waals surface area contributed by atoms with Crippen LogP contribution in [0.15, 0.2) is 0 Å². The second-order valence-electron chi connectivity index (χ2n) is 5.65. The van der Waals surface area contributed by atoms with Crippen LogP contribution in [0.5, 0.6) is 0 Å². The van der Waals surface area contributed by atoms with E-state index in [1.807, 2.05) is 20.8 Å². The summed E-state index contributed by atoms with van der Waals surface area (Å²) in [5.41, 5.74) is 5.47. The Morgan fingerprint density at radius 1 is 1.41 bits per heavy atom. The first-order valence-corrected chi connectivity index (χ1v) is 6.18. The Morgan fingerprint density at radius 3 is 2.53 bits per heavy atom. The molecule has 1 aliphatic heterocycles. The van der Waals surface area contributed by atoms with Gasteiger partial charge in [-0.05, 0) is 39.5 Å². The van der Waals surface area contributed by atoms with Crippen LogP contribution in [-0.2, 0) is 4.74 Å². The molecule has 1 aliphatic rings. The van der Waals surface area contributed by atoms with Gasteiger partial charge in [-0.25, -0.2) is 4.79 Å². The molecule has 3 N–H and O–H groups in total. The number of likely N-dealkylation sites (tertiary alicyclic amines) is 1. The van der Waals surface area contributed by atoms with Gasteiger partial charge in [-0.3, -0.25) is 0 Å². The Balaban J connectivity index is 2.53. The van der Waals surface area contributed by atoms with Crippen molar-refractivity contribution in [1.82, 2.24) is 4.90 Å². The molecule has 0 saturated carbocycles. The summed E-state index contributed by atoms with van der Waals surface area (Å²) in [6, 6.07) is -0.0348. The minimum Gasteiger partial charge on any atom is -0.444 e. The minimum absolute atomic E-state index is 0.0348. The molecule has 0 aliphatic carbocycles. The second kappa shape index (κ2) is 5.69. The molecule has 1 heterocycles. The number of carbonyl (C=O) groups excluding carboxylic acids is 1. The van der Waals surface area contributed by atoms with E-state index in [1.165, 1.54) is 0 Å². The molecule has 1 saturated heterocycles. The highest BCUT2D eigenvalue weighted by Gasteiger charge is 2.28. The average Bonchev–Trinajstić information content (AvgIpc) is 2.37. The highest BCUT2D eigenvalue weighted by atomic mass is 16.6. The van der Waals surface area contributed by atoms with Gasteiger partial charge in [0, 0.05) is 25.7 Å². The first-order valence-electron chi connectivity index (χ1n) is 6.18. The van der Waals surface area contributed by atoms with Crippen LogP contribution in [0.3, 0.4) is 0 Å². The lowest BCUT2D eigenvalue weighted by atomic mass is 9.97. The van der Waals surface area contributed by atoms with Gasteiger partial charge in [-0.15, -0.1) is 0 Å². The number of amides is 1. The second-order valence-corrected chi connectivity index (χ2v) is 5.65. The summed E-state index contributed by atoms with van der Waals surface area (Å²) in [6.45, 7) is 6.85. The van der Waals surface area contributed by atoms with Gasteiger partial charge in [-0.2, -0.15) is 0 Å². The third-order valence-corrected chi connectivity index (χ3v) is 2.99. The molecular formula is C12H24N2O3. The molecule has 17 heavy (non-hydrogen) atoms. The smallest absolute Gasteiger partial charge is 0.410 e. The Kier molecular flexibility index (Phi) is 4.77. The number of nitrogens with zero attached hydrogens (tertiary/aromatic N) is 1. The maximum Gasteiger partial charge on any atom is 0.410 e. The van der Waals surface area contributed by atoms with Crippen LogP contribution >= 0.6 is 0 Å². The summed E-state index contributed by atoms with van der Waals surface area (Å²) in [4.78, 5) is 13.5. The third-order valence-electron chi connectivity index (χ3n) is 2.99. The monoisotopic (exact) mass is 244 g/mol. The van der Waals surface area contributed by atoms with Crippen LogP contribution in [0.1, 0.15) is 33.6 Å². The molecule has 100 valence electrons. The molecule has 0 spiro atoms. The van der Waals surface area contributed by atoms with Crippen LogP contribution in [0, 0.1) is 5.92 Å². The van der Waals surface area contributed by atoms with Crippen molar-refractivity contribution in [2.24, 2.45) is 11.7 Å². The maximum atomic E-state index is 11.9. The molecule has 0 unspecified atom stereocenters. The lowest BCUT2D eigenvalue weighted by Crippen LogP contribution is -2.37. The largest absolute Gasteiger partial charge is 0.444 e. The van der Waals surface area contributed by atoms with E-state index in [0.717, 1.165) is 6.42 Å². The Morgan fingerprint density at radius 2 is 2.00 bits per heavy atom. The molecule has 1 amide bonds. The van der Waals surface area contributed by atoms with Gasteiger partial charge in [0.1, 0.15) is 5.60 Å². The minimum atomic E-state index is -0.470. The first-order chi connectivity index (χ1) is 7.83. The normalized spacial score (nSPS) is 26.5. The van der Waals surface area contributed by atoms with Crippen molar-refractivity contribution in [3.8, 4) is 0 Å². The van der Waals surface area contributed by atoms with Crippen LogP contribution in [0.25, 0.3) is 0 Å². The quantitative estimate of drug-likeness (QED) is 0.720. The number of rotatable bonds is 1. The molecular weight excluding hydrogens is 220 g/mol. The number of ether oxygens (including phenoxy) is 1. The fourth-order valence-electron chi connectivity index (χ4n) is 1.92. The number of nitrogens with two attached hydrogens (primary N) is 1. The van der Waals surface area contributed by atoms with Gasteiger partial charge in [0.2, 0.25) is 0 Å². The summed E-state index contributed by atoms with van der Waals surface area (Å²) < 4.78 is 5.32. The molecule has 0 aromatic heterocycles. The molecule has 0 bridgehead atoms. The SMILES string of the molecule is CC(C)(C)OC(=O)N1CC[C@H](CO)[C@H](N)CC1. The zero-order valence-corrected chi connectivity index (χ0v) is 11.0. The summed E-state index contributed by atoms with van der Waals surface area (Å²) in [7, 11) is 0. The number of aliphatic hydroxyl groups is 1. The topological polar surface area (TPSA) is 75.8 Å². The zero-order chi connectivity index (χ0) is 13.1. The van der Waals surface area contributed by atoms with Gasteiger partial charge in [0.25, 0.3) is 0 Å². The van der Waals surface area contributed by atoms with E-state index in [2.05, 4.69) is 0 Å². The highest BCUT2D eigenvalue weighted by molar-refractivity contribution is 5.68.